The van der Waals surface area contributed by atoms with Gasteiger partial charge in [-0.1, -0.05) is 15.9 Å². The number of hydrogen-bond donors (Lipinski definition) is 1. The number of benzene rings is 1. The molecule has 1 aromatic carbocycles. The summed E-state index contributed by atoms with van der Waals surface area (Å²) in [5.41, 5.74) is 0. The highest BCUT2D eigenvalue weighted by atomic mass is 79.9. The Morgan fingerprint density at radius 2 is 1.96 bits per heavy atom. The molecule has 2 heterocycles. The lowest BCUT2D eigenvalue weighted by atomic mass is 10.2. The Morgan fingerprint density at radius 3 is 2.59 bits per heavy atom. The van der Waals surface area contributed by atoms with Gasteiger partial charge in [0.05, 0.1) is 6.54 Å². The molecule has 7 nitrogen and oxygen atoms in total. The SMILES string of the molecule is CN=C(NCCOc1ccc(Br)cc1)N1CCN(C(=O)C2CCCO2)CC1. The van der Waals surface area contributed by atoms with E-state index in [9.17, 15) is 4.79 Å². The van der Waals surface area contributed by atoms with E-state index in [-0.39, 0.29) is 12.0 Å². The molecule has 0 bridgehead atoms. The third-order valence-corrected chi connectivity index (χ3v) is 5.30. The zero-order chi connectivity index (χ0) is 19.1. The van der Waals surface area contributed by atoms with Crippen LogP contribution in [0.15, 0.2) is 33.7 Å². The van der Waals surface area contributed by atoms with Gasteiger partial charge in [-0.2, -0.15) is 0 Å². The Hall–Kier alpha value is -1.80. The van der Waals surface area contributed by atoms with Gasteiger partial charge in [0.25, 0.3) is 5.91 Å². The Balaban J connectivity index is 1.38. The molecule has 2 saturated heterocycles. The molecule has 0 aromatic heterocycles. The number of nitrogens with one attached hydrogen (secondary N) is 1. The second-order valence-electron chi connectivity index (χ2n) is 6.59. The topological polar surface area (TPSA) is 66.4 Å². The summed E-state index contributed by atoms with van der Waals surface area (Å²) >= 11 is 3.41. The average Bonchev–Trinajstić information content (AvgIpc) is 3.24. The molecule has 2 aliphatic rings. The smallest absolute Gasteiger partial charge is 0.251 e. The van der Waals surface area contributed by atoms with Crippen LogP contribution in [0.1, 0.15) is 12.8 Å². The maximum atomic E-state index is 12.4. The summed E-state index contributed by atoms with van der Waals surface area (Å²) in [5.74, 6) is 1.83. The Labute approximate surface area is 168 Å². The van der Waals surface area contributed by atoms with Gasteiger partial charge in [-0.15, -0.1) is 0 Å². The summed E-state index contributed by atoms with van der Waals surface area (Å²) < 4.78 is 12.3. The van der Waals surface area contributed by atoms with Gasteiger partial charge < -0.3 is 24.6 Å². The molecule has 1 atom stereocenters. The van der Waals surface area contributed by atoms with Crippen molar-refractivity contribution in [1.29, 1.82) is 0 Å². The Morgan fingerprint density at radius 1 is 1.26 bits per heavy atom. The maximum Gasteiger partial charge on any atom is 0.251 e. The maximum absolute atomic E-state index is 12.4. The van der Waals surface area contributed by atoms with E-state index in [0.29, 0.717) is 32.8 Å². The first-order valence-corrected chi connectivity index (χ1v) is 10.2. The van der Waals surface area contributed by atoms with E-state index < -0.39 is 0 Å². The van der Waals surface area contributed by atoms with E-state index in [1.807, 2.05) is 29.2 Å². The Kier molecular flexibility index (Phi) is 7.34. The van der Waals surface area contributed by atoms with Crippen LogP contribution in [0.4, 0.5) is 0 Å². The van der Waals surface area contributed by atoms with Crippen molar-refractivity contribution in [2.24, 2.45) is 4.99 Å². The van der Waals surface area contributed by atoms with Crippen molar-refractivity contribution >= 4 is 27.8 Å². The van der Waals surface area contributed by atoms with Crippen molar-refractivity contribution in [3.05, 3.63) is 28.7 Å². The summed E-state index contributed by atoms with van der Waals surface area (Å²) in [6.07, 6.45) is 1.60. The first-order valence-electron chi connectivity index (χ1n) is 9.42. The number of rotatable bonds is 5. The van der Waals surface area contributed by atoms with Crippen molar-refractivity contribution in [1.82, 2.24) is 15.1 Å². The summed E-state index contributed by atoms with van der Waals surface area (Å²) in [6.45, 7) is 4.87. The van der Waals surface area contributed by atoms with Gasteiger partial charge in [-0.05, 0) is 37.1 Å². The largest absolute Gasteiger partial charge is 0.492 e. The first kappa shape index (κ1) is 19.9. The van der Waals surface area contributed by atoms with Crippen molar-refractivity contribution < 1.29 is 14.3 Å². The molecule has 27 heavy (non-hydrogen) atoms. The van der Waals surface area contributed by atoms with Crippen LogP contribution in [0, 0.1) is 0 Å². The lowest BCUT2D eigenvalue weighted by molar-refractivity contribution is -0.142. The number of halogens is 1. The predicted octanol–water partition coefficient (Wildman–Crippen LogP) is 1.73. The van der Waals surface area contributed by atoms with Crippen LogP contribution in [0.25, 0.3) is 0 Å². The molecular formula is C19H27BrN4O3. The fourth-order valence-corrected chi connectivity index (χ4v) is 3.57. The second-order valence-corrected chi connectivity index (χ2v) is 7.51. The van der Waals surface area contributed by atoms with Crippen LogP contribution < -0.4 is 10.1 Å². The molecule has 0 spiro atoms. The highest BCUT2D eigenvalue weighted by Gasteiger charge is 2.30. The van der Waals surface area contributed by atoms with Crippen LogP contribution in [0.2, 0.25) is 0 Å². The summed E-state index contributed by atoms with van der Waals surface area (Å²) in [7, 11) is 1.78. The molecule has 1 N–H and O–H groups in total. The lowest BCUT2D eigenvalue weighted by Crippen LogP contribution is -2.55. The lowest BCUT2D eigenvalue weighted by Gasteiger charge is -2.37. The minimum Gasteiger partial charge on any atom is -0.492 e. The molecule has 0 saturated carbocycles. The van der Waals surface area contributed by atoms with Crippen LogP contribution in [-0.2, 0) is 9.53 Å². The third kappa shape index (κ3) is 5.59. The van der Waals surface area contributed by atoms with Crippen LogP contribution in [-0.4, -0.2) is 80.8 Å². The highest BCUT2D eigenvalue weighted by Crippen LogP contribution is 2.17. The molecule has 148 valence electrons. The number of guanidine groups is 1. The molecule has 1 amide bonds. The summed E-state index contributed by atoms with van der Waals surface area (Å²) in [4.78, 5) is 20.9. The van der Waals surface area contributed by atoms with E-state index in [4.69, 9.17) is 9.47 Å². The van der Waals surface area contributed by atoms with Crippen molar-refractivity contribution in [2.45, 2.75) is 18.9 Å². The zero-order valence-electron chi connectivity index (χ0n) is 15.7. The molecule has 3 rings (SSSR count). The molecule has 2 fully saturated rings. The number of ether oxygens (including phenoxy) is 2. The molecule has 1 unspecified atom stereocenters. The van der Waals surface area contributed by atoms with Crippen molar-refractivity contribution in [3.63, 3.8) is 0 Å². The number of carbonyl (C=O) groups is 1. The number of carbonyl (C=O) groups excluding carboxylic acids is 1. The number of hydrogen-bond acceptors (Lipinski definition) is 4. The van der Waals surface area contributed by atoms with Crippen molar-refractivity contribution in [2.75, 3.05) is 53.0 Å². The quantitative estimate of drug-likeness (QED) is 0.430. The molecule has 1 aromatic rings. The van der Waals surface area contributed by atoms with Gasteiger partial charge in [0.2, 0.25) is 0 Å². The zero-order valence-corrected chi connectivity index (χ0v) is 17.3. The average molecular weight is 439 g/mol. The number of piperazine rings is 1. The molecule has 8 heteroatoms. The van der Waals surface area contributed by atoms with Crippen LogP contribution >= 0.6 is 15.9 Å². The fourth-order valence-electron chi connectivity index (χ4n) is 3.31. The molecule has 2 aliphatic heterocycles. The fraction of sp³-hybridized carbons (Fsp3) is 0.579. The third-order valence-electron chi connectivity index (χ3n) is 4.78. The van der Waals surface area contributed by atoms with E-state index >= 15 is 0 Å². The highest BCUT2D eigenvalue weighted by molar-refractivity contribution is 9.10. The van der Waals surface area contributed by atoms with Gasteiger partial charge in [0, 0.05) is 44.3 Å². The van der Waals surface area contributed by atoms with Gasteiger partial charge in [0.1, 0.15) is 18.5 Å². The minimum atomic E-state index is -0.232. The number of nitrogens with zero attached hydrogens (tertiary/aromatic N) is 3. The van der Waals surface area contributed by atoms with Crippen LogP contribution in [0.3, 0.4) is 0 Å². The normalized spacial score (nSPS) is 20.7. The van der Waals surface area contributed by atoms with Crippen LogP contribution in [0.5, 0.6) is 5.75 Å². The standard InChI is InChI=1S/C19H27BrN4O3/c1-21-19(22-8-14-26-16-6-4-15(20)5-7-16)24-11-9-23(10-12-24)18(25)17-3-2-13-27-17/h4-7,17H,2-3,8-14H2,1H3,(H,21,22). The number of aliphatic imine (C=N–C) groups is 1. The van der Waals surface area contributed by atoms with Gasteiger partial charge in [0.15, 0.2) is 5.96 Å². The van der Waals surface area contributed by atoms with Gasteiger partial charge in [-0.25, -0.2) is 0 Å². The summed E-state index contributed by atoms with van der Waals surface area (Å²) in [6, 6.07) is 7.78. The van der Waals surface area contributed by atoms with Crippen molar-refractivity contribution in [3.8, 4) is 5.75 Å². The van der Waals surface area contributed by atoms with E-state index in [0.717, 1.165) is 42.1 Å². The van der Waals surface area contributed by atoms with Gasteiger partial charge in [-0.3, -0.25) is 9.79 Å². The molecule has 0 aliphatic carbocycles. The number of amides is 1. The molecule has 0 radical (unpaired) electrons. The van der Waals surface area contributed by atoms with E-state index in [1.165, 1.54) is 0 Å². The Bertz CT molecular complexity index is 639. The second kappa shape index (κ2) is 9.94. The monoisotopic (exact) mass is 438 g/mol. The van der Waals surface area contributed by atoms with E-state index in [2.05, 4.69) is 31.1 Å². The molecular weight excluding hydrogens is 412 g/mol. The minimum absolute atomic E-state index is 0.137. The van der Waals surface area contributed by atoms with E-state index in [1.54, 1.807) is 7.05 Å². The summed E-state index contributed by atoms with van der Waals surface area (Å²) in [5, 5.41) is 3.33. The first-order chi connectivity index (χ1) is 13.2. The predicted molar refractivity (Wildman–Crippen MR) is 108 cm³/mol. The van der Waals surface area contributed by atoms with Gasteiger partial charge >= 0.3 is 0 Å².